The van der Waals surface area contributed by atoms with Gasteiger partial charge in [-0.3, -0.25) is 0 Å². The van der Waals surface area contributed by atoms with E-state index in [1.54, 1.807) is 23.9 Å². The summed E-state index contributed by atoms with van der Waals surface area (Å²) in [6.07, 6.45) is -2.28. The van der Waals surface area contributed by atoms with Gasteiger partial charge in [-0.25, -0.2) is 0 Å². The largest absolute Gasteiger partial charge is 0.416 e. The summed E-state index contributed by atoms with van der Waals surface area (Å²) in [7, 11) is 0. The van der Waals surface area contributed by atoms with Crippen molar-refractivity contribution in [2.75, 3.05) is 18.6 Å². The zero-order valence-corrected chi connectivity index (χ0v) is 10.7. The molecule has 0 bridgehead atoms. The highest BCUT2D eigenvalue weighted by Gasteiger charge is 2.30. The molecule has 0 aromatic heterocycles. The van der Waals surface area contributed by atoms with Crippen molar-refractivity contribution in [3.8, 4) is 0 Å². The molecule has 1 aromatic rings. The van der Waals surface area contributed by atoms with Crippen molar-refractivity contribution in [1.82, 2.24) is 5.32 Å². The first-order valence-corrected chi connectivity index (χ1v) is 6.78. The molecule has 17 heavy (non-hydrogen) atoms. The van der Waals surface area contributed by atoms with Gasteiger partial charge in [-0.05, 0) is 30.5 Å². The maximum atomic E-state index is 12.4. The highest BCUT2D eigenvalue weighted by Crippen LogP contribution is 2.30. The van der Waals surface area contributed by atoms with E-state index in [1.807, 2.05) is 13.2 Å². The first kappa shape index (κ1) is 14.4. The first-order chi connectivity index (χ1) is 7.99. The van der Waals surface area contributed by atoms with Crippen molar-refractivity contribution in [1.29, 1.82) is 0 Å². The fourth-order valence-corrected chi connectivity index (χ4v) is 2.23. The predicted octanol–water partition coefficient (Wildman–Crippen LogP) is 3.72. The standard InChI is InChI=1S/C12H16F3NS/c1-3-16-11(8-17-2)9-4-6-10(7-5-9)12(13,14)15/h4-7,11,16H,3,8H2,1-2H3. The van der Waals surface area contributed by atoms with Gasteiger partial charge in [0.25, 0.3) is 0 Å². The van der Waals surface area contributed by atoms with Crippen molar-refractivity contribution in [2.24, 2.45) is 0 Å². The molecule has 1 aromatic carbocycles. The maximum Gasteiger partial charge on any atom is 0.416 e. The lowest BCUT2D eigenvalue weighted by Crippen LogP contribution is -2.23. The molecule has 0 heterocycles. The summed E-state index contributed by atoms with van der Waals surface area (Å²) in [5.41, 5.74) is 0.301. The molecule has 1 unspecified atom stereocenters. The van der Waals surface area contributed by atoms with Gasteiger partial charge in [0, 0.05) is 11.8 Å². The van der Waals surface area contributed by atoms with Gasteiger partial charge < -0.3 is 5.32 Å². The maximum absolute atomic E-state index is 12.4. The lowest BCUT2D eigenvalue weighted by molar-refractivity contribution is -0.137. The Bertz CT molecular complexity index is 329. The fraction of sp³-hybridized carbons (Fsp3) is 0.500. The van der Waals surface area contributed by atoms with Crippen molar-refractivity contribution >= 4 is 11.8 Å². The van der Waals surface area contributed by atoms with E-state index in [1.165, 1.54) is 0 Å². The van der Waals surface area contributed by atoms with Gasteiger partial charge in [0.05, 0.1) is 5.56 Å². The summed E-state index contributed by atoms with van der Waals surface area (Å²) >= 11 is 1.67. The second-order valence-corrected chi connectivity index (χ2v) is 4.60. The van der Waals surface area contributed by atoms with Crippen LogP contribution in [-0.4, -0.2) is 18.6 Å². The van der Waals surface area contributed by atoms with Crippen LogP contribution in [0.15, 0.2) is 24.3 Å². The van der Waals surface area contributed by atoms with Gasteiger partial charge in [0.15, 0.2) is 0 Å². The SMILES string of the molecule is CCNC(CSC)c1ccc(C(F)(F)F)cc1. The Hall–Kier alpha value is -0.680. The molecular formula is C12H16F3NS. The quantitative estimate of drug-likeness (QED) is 0.869. The van der Waals surface area contributed by atoms with Crippen molar-refractivity contribution in [3.63, 3.8) is 0 Å². The molecule has 0 spiro atoms. The molecule has 0 saturated carbocycles. The van der Waals surface area contributed by atoms with Crippen LogP contribution in [-0.2, 0) is 6.18 Å². The number of benzene rings is 1. The van der Waals surface area contributed by atoms with Crippen LogP contribution in [0, 0.1) is 0 Å². The minimum Gasteiger partial charge on any atom is -0.310 e. The molecular weight excluding hydrogens is 247 g/mol. The third kappa shape index (κ3) is 4.24. The smallest absolute Gasteiger partial charge is 0.310 e. The van der Waals surface area contributed by atoms with Crippen LogP contribution in [0.2, 0.25) is 0 Å². The normalized spacial score (nSPS) is 13.7. The zero-order chi connectivity index (χ0) is 12.9. The summed E-state index contributed by atoms with van der Waals surface area (Å²) in [5, 5.41) is 3.26. The molecule has 0 aliphatic carbocycles. The van der Waals surface area contributed by atoms with Crippen molar-refractivity contribution < 1.29 is 13.2 Å². The molecule has 1 nitrogen and oxygen atoms in total. The second-order valence-electron chi connectivity index (χ2n) is 3.69. The third-order valence-corrected chi connectivity index (χ3v) is 3.09. The average molecular weight is 263 g/mol. The first-order valence-electron chi connectivity index (χ1n) is 5.38. The summed E-state index contributed by atoms with van der Waals surface area (Å²) in [5.74, 6) is 0.846. The Morgan fingerprint density at radius 3 is 2.24 bits per heavy atom. The monoisotopic (exact) mass is 263 g/mol. The van der Waals surface area contributed by atoms with Crippen LogP contribution in [0.5, 0.6) is 0 Å². The second kappa shape index (κ2) is 6.31. The van der Waals surface area contributed by atoms with Crippen LogP contribution in [0.1, 0.15) is 24.1 Å². The van der Waals surface area contributed by atoms with Crippen molar-refractivity contribution in [2.45, 2.75) is 19.1 Å². The number of hydrogen-bond donors (Lipinski definition) is 1. The van der Waals surface area contributed by atoms with Gasteiger partial charge in [-0.2, -0.15) is 24.9 Å². The molecule has 0 amide bonds. The van der Waals surface area contributed by atoms with Crippen LogP contribution in [0.4, 0.5) is 13.2 Å². The Morgan fingerprint density at radius 1 is 1.24 bits per heavy atom. The number of halogens is 3. The molecule has 5 heteroatoms. The molecule has 0 aliphatic heterocycles. The van der Waals surface area contributed by atoms with Gasteiger partial charge >= 0.3 is 6.18 Å². The van der Waals surface area contributed by atoms with E-state index in [0.29, 0.717) is 0 Å². The highest BCUT2D eigenvalue weighted by molar-refractivity contribution is 7.98. The number of thioether (sulfide) groups is 1. The Morgan fingerprint density at radius 2 is 1.82 bits per heavy atom. The Balaban J connectivity index is 2.84. The Kier molecular flexibility index (Phi) is 5.33. The average Bonchev–Trinajstić information content (AvgIpc) is 2.28. The van der Waals surface area contributed by atoms with E-state index in [0.717, 1.165) is 30.0 Å². The molecule has 1 N–H and O–H groups in total. The molecule has 1 atom stereocenters. The summed E-state index contributed by atoms with van der Waals surface area (Å²) in [6, 6.07) is 5.48. The van der Waals surface area contributed by atoms with E-state index in [-0.39, 0.29) is 6.04 Å². The predicted molar refractivity (Wildman–Crippen MR) is 66.2 cm³/mol. The molecule has 0 fully saturated rings. The van der Waals surface area contributed by atoms with Crippen LogP contribution in [0.3, 0.4) is 0 Å². The number of alkyl halides is 3. The van der Waals surface area contributed by atoms with Gasteiger partial charge in [0.2, 0.25) is 0 Å². The van der Waals surface area contributed by atoms with Gasteiger partial charge in [-0.1, -0.05) is 19.1 Å². The highest BCUT2D eigenvalue weighted by atomic mass is 32.2. The van der Waals surface area contributed by atoms with Gasteiger partial charge in [-0.15, -0.1) is 0 Å². The molecule has 1 rings (SSSR count). The summed E-state index contributed by atoms with van der Waals surface area (Å²) < 4.78 is 37.2. The van der Waals surface area contributed by atoms with Gasteiger partial charge in [0.1, 0.15) is 0 Å². The molecule has 0 aliphatic rings. The number of hydrogen-bond acceptors (Lipinski definition) is 2. The fourth-order valence-electron chi connectivity index (χ4n) is 1.59. The van der Waals surface area contributed by atoms with E-state index >= 15 is 0 Å². The van der Waals surface area contributed by atoms with Crippen LogP contribution >= 0.6 is 11.8 Å². The molecule has 96 valence electrons. The number of nitrogens with one attached hydrogen (secondary N) is 1. The number of rotatable bonds is 5. The van der Waals surface area contributed by atoms with E-state index in [2.05, 4.69) is 5.32 Å². The summed E-state index contributed by atoms with van der Waals surface area (Å²) in [4.78, 5) is 0. The minimum absolute atomic E-state index is 0.109. The van der Waals surface area contributed by atoms with Crippen molar-refractivity contribution in [3.05, 3.63) is 35.4 Å². The van der Waals surface area contributed by atoms with E-state index < -0.39 is 11.7 Å². The molecule has 0 radical (unpaired) electrons. The zero-order valence-electron chi connectivity index (χ0n) is 9.84. The van der Waals surface area contributed by atoms with Crippen LogP contribution < -0.4 is 5.32 Å². The van der Waals surface area contributed by atoms with E-state index in [4.69, 9.17) is 0 Å². The van der Waals surface area contributed by atoms with Crippen LogP contribution in [0.25, 0.3) is 0 Å². The Labute approximate surface area is 104 Å². The lowest BCUT2D eigenvalue weighted by atomic mass is 10.1. The molecule has 0 saturated heterocycles. The third-order valence-electron chi connectivity index (χ3n) is 2.42. The minimum atomic E-state index is -4.26. The van der Waals surface area contributed by atoms with E-state index in [9.17, 15) is 13.2 Å². The lowest BCUT2D eigenvalue weighted by Gasteiger charge is -2.18. The topological polar surface area (TPSA) is 12.0 Å². The summed E-state index contributed by atoms with van der Waals surface area (Å²) in [6.45, 7) is 2.78.